The lowest BCUT2D eigenvalue weighted by atomic mass is 9.97. The summed E-state index contributed by atoms with van der Waals surface area (Å²) in [6, 6.07) is 0. The second kappa shape index (κ2) is 11.8. The van der Waals surface area contributed by atoms with Gasteiger partial charge < -0.3 is 25.0 Å². The summed E-state index contributed by atoms with van der Waals surface area (Å²) in [5.74, 6) is 1.63. The van der Waals surface area contributed by atoms with Gasteiger partial charge in [0.05, 0.1) is 6.61 Å². The topological polar surface area (TPSA) is 58.1 Å². The van der Waals surface area contributed by atoms with Crippen molar-refractivity contribution >= 4 is 5.96 Å². The molecule has 0 aromatic rings. The van der Waals surface area contributed by atoms with Crippen LogP contribution in [0.1, 0.15) is 19.3 Å². The average Bonchev–Trinajstić information content (AvgIpc) is 2.53. The fourth-order valence-electron chi connectivity index (χ4n) is 2.52. The van der Waals surface area contributed by atoms with E-state index < -0.39 is 0 Å². The Balaban J connectivity index is 2.11. The number of piperidine rings is 1. The van der Waals surface area contributed by atoms with Crippen LogP contribution in [0.2, 0.25) is 0 Å². The van der Waals surface area contributed by atoms with E-state index in [-0.39, 0.29) is 0 Å². The second-order valence-corrected chi connectivity index (χ2v) is 5.50. The molecule has 124 valence electrons. The summed E-state index contributed by atoms with van der Waals surface area (Å²) in [5, 5.41) is 6.74. The van der Waals surface area contributed by atoms with E-state index in [0.717, 1.165) is 51.1 Å². The van der Waals surface area contributed by atoms with Gasteiger partial charge in [-0.25, -0.2) is 0 Å². The van der Waals surface area contributed by atoms with Crippen molar-refractivity contribution in [3.8, 4) is 0 Å². The largest absolute Gasteiger partial charge is 0.385 e. The number of nitrogens with zero attached hydrogens (tertiary/aromatic N) is 2. The number of guanidine groups is 1. The molecular formula is C15H32N4O2. The Morgan fingerprint density at radius 3 is 2.48 bits per heavy atom. The molecule has 1 rings (SSSR count). The molecule has 1 aliphatic rings. The molecule has 0 aromatic heterocycles. The number of methoxy groups -OCH3 is 2. The van der Waals surface area contributed by atoms with E-state index in [1.165, 1.54) is 25.9 Å². The summed E-state index contributed by atoms with van der Waals surface area (Å²) in [4.78, 5) is 6.74. The number of aliphatic imine (C=N–C) groups is 1. The summed E-state index contributed by atoms with van der Waals surface area (Å²) in [6.07, 6.45) is 3.49. The minimum atomic E-state index is 0.737. The predicted molar refractivity (Wildman–Crippen MR) is 86.9 cm³/mol. The van der Waals surface area contributed by atoms with Crippen molar-refractivity contribution in [2.45, 2.75) is 19.3 Å². The third-order valence-electron chi connectivity index (χ3n) is 3.92. The Labute approximate surface area is 129 Å². The van der Waals surface area contributed by atoms with E-state index in [0.29, 0.717) is 0 Å². The minimum Gasteiger partial charge on any atom is -0.385 e. The quantitative estimate of drug-likeness (QED) is 0.370. The molecule has 0 radical (unpaired) electrons. The standard InChI is InChI=1S/C15H32N4O2/c1-16-15(17-7-4-11-20-2)18-13-14-5-8-19(9-6-14)10-12-21-3/h14H,4-13H2,1-3H3,(H2,16,17,18). The number of hydrogen-bond donors (Lipinski definition) is 2. The molecule has 0 atom stereocenters. The van der Waals surface area contributed by atoms with Gasteiger partial charge in [0.1, 0.15) is 0 Å². The molecule has 2 N–H and O–H groups in total. The van der Waals surface area contributed by atoms with Crippen LogP contribution >= 0.6 is 0 Å². The van der Waals surface area contributed by atoms with Crippen LogP contribution in [-0.2, 0) is 9.47 Å². The first-order valence-electron chi connectivity index (χ1n) is 7.95. The predicted octanol–water partition coefficient (Wildman–Crippen LogP) is 0.546. The van der Waals surface area contributed by atoms with Crippen molar-refractivity contribution in [3.63, 3.8) is 0 Å². The van der Waals surface area contributed by atoms with Crippen LogP contribution in [-0.4, -0.2) is 78.1 Å². The summed E-state index contributed by atoms with van der Waals surface area (Å²) >= 11 is 0. The molecule has 0 unspecified atom stereocenters. The lowest BCUT2D eigenvalue weighted by Gasteiger charge is -2.32. The molecule has 0 bridgehead atoms. The number of likely N-dealkylation sites (tertiary alicyclic amines) is 1. The molecule has 1 heterocycles. The number of rotatable bonds is 9. The maximum Gasteiger partial charge on any atom is 0.190 e. The smallest absolute Gasteiger partial charge is 0.190 e. The van der Waals surface area contributed by atoms with Crippen molar-refractivity contribution in [3.05, 3.63) is 0 Å². The van der Waals surface area contributed by atoms with Crippen molar-refractivity contribution in [1.29, 1.82) is 0 Å². The van der Waals surface area contributed by atoms with E-state index in [1.807, 2.05) is 7.05 Å². The van der Waals surface area contributed by atoms with Crippen molar-refractivity contribution in [2.75, 3.05) is 67.2 Å². The molecule has 1 aliphatic heterocycles. The highest BCUT2D eigenvalue weighted by Crippen LogP contribution is 2.15. The molecule has 6 heteroatoms. The van der Waals surface area contributed by atoms with Crippen LogP contribution in [0.15, 0.2) is 4.99 Å². The average molecular weight is 300 g/mol. The van der Waals surface area contributed by atoms with Crippen LogP contribution in [0.5, 0.6) is 0 Å². The van der Waals surface area contributed by atoms with Crippen LogP contribution < -0.4 is 10.6 Å². The van der Waals surface area contributed by atoms with Crippen LogP contribution in [0, 0.1) is 5.92 Å². The van der Waals surface area contributed by atoms with E-state index in [1.54, 1.807) is 14.2 Å². The Morgan fingerprint density at radius 1 is 1.14 bits per heavy atom. The van der Waals surface area contributed by atoms with E-state index in [2.05, 4.69) is 20.5 Å². The van der Waals surface area contributed by atoms with Gasteiger partial charge in [-0.2, -0.15) is 0 Å². The zero-order valence-electron chi connectivity index (χ0n) is 13.9. The van der Waals surface area contributed by atoms with Gasteiger partial charge in [0.2, 0.25) is 0 Å². The zero-order chi connectivity index (χ0) is 15.3. The van der Waals surface area contributed by atoms with Crippen LogP contribution in [0.3, 0.4) is 0 Å². The third-order valence-corrected chi connectivity index (χ3v) is 3.92. The normalized spacial score (nSPS) is 18.0. The fraction of sp³-hybridized carbons (Fsp3) is 0.933. The monoisotopic (exact) mass is 300 g/mol. The first-order valence-corrected chi connectivity index (χ1v) is 7.95. The minimum absolute atomic E-state index is 0.737. The molecule has 0 aliphatic carbocycles. The molecule has 0 aromatic carbocycles. The SMILES string of the molecule is CN=C(NCCCOC)NCC1CCN(CCOC)CC1. The maximum atomic E-state index is 5.13. The van der Waals surface area contributed by atoms with Crippen molar-refractivity contribution in [2.24, 2.45) is 10.9 Å². The van der Waals surface area contributed by atoms with Crippen molar-refractivity contribution < 1.29 is 9.47 Å². The number of hydrogen-bond acceptors (Lipinski definition) is 4. The second-order valence-electron chi connectivity index (χ2n) is 5.50. The summed E-state index contributed by atoms with van der Waals surface area (Å²) in [7, 11) is 5.31. The highest BCUT2D eigenvalue weighted by molar-refractivity contribution is 5.79. The van der Waals surface area contributed by atoms with Crippen LogP contribution in [0.25, 0.3) is 0 Å². The Kier molecular flexibility index (Phi) is 10.2. The van der Waals surface area contributed by atoms with E-state index >= 15 is 0 Å². The number of nitrogens with one attached hydrogen (secondary N) is 2. The van der Waals surface area contributed by atoms with Crippen LogP contribution in [0.4, 0.5) is 0 Å². The number of ether oxygens (including phenoxy) is 2. The maximum absolute atomic E-state index is 5.13. The first-order chi connectivity index (χ1) is 10.3. The van der Waals surface area contributed by atoms with E-state index in [9.17, 15) is 0 Å². The molecular weight excluding hydrogens is 268 g/mol. The van der Waals surface area contributed by atoms with Gasteiger partial charge >= 0.3 is 0 Å². The van der Waals surface area contributed by atoms with Gasteiger partial charge in [0.25, 0.3) is 0 Å². The lowest BCUT2D eigenvalue weighted by Crippen LogP contribution is -2.43. The fourth-order valence-corrected chi connectivity index (χ4v) is 2.52. The van der Waals surface area contributed by atoms with Gasteiger partial charge in [-0.1, -0.05) is 0 Å². The molecule has 0 saturated carbocycles. The molecule has 6 nitrogen and oxygen atoms in total. The van der Waals surface area contributed by atoms with Crippen molar-refractivity contribution in [1.82, 2.24) is 15.5 Å². The highest BCUT2D eigenvalue weighted by Gasteiger charge is 2.18. The molecule has 0 amide bonds. The molecule has 1 fully saturated rings. The summed E-state index contributed by atoms with van der Waals surface area (Å²) in [5.41, 5.74) is 0. The Bertz CT molecular complexity index is 279. The molecule has 0 spiro atoms. The van der Waals surface area contributed by atoms with Gasteiger partial charge in [-0.3, -0.25) is 4.99 Å². The first kappa shape index (κ1) is 18.2. The third kappa shape index (κ3) is 8.24. The van der Waals surface area contributed by atoms with Gasteiger partial charge in [0.15, 0.2) is 5.96 Å². The van der Waals surface area contributed by atoms with Gasteiger partial charge in [-0.05, 0) is 38.3 Å². The Morgan fingerprint density at radius 2 is 1.86 bits per heavy atom. The van der Waals surface area contributed by atoms with E-state index in [4.69, 9.17) is 9.47 Å². The van der Waals surface area contributed by atoms with Gasteiger partial charge in [-0.15, -0.1) is 0 Å². The highest BCUT2D eigenvalue weighted by atomic mass is 16.5. The summed E-state index contributed by atoms with van der Waals surface area (Å²) in [6.45, 7) is 6.92. The zero-order valence-corrected chi connectivity index (χ0v) is 13.9. The van der Waals surface area contributed by atoms with Gasteiger partial charge in [0, 0.05) is 47.5 Å². The lowest BCUT2D eigenvalue weighted by molar-refractivity contribution is 0.121. The summed E-state index contributed by atoms with van der Waals surface area (Å²) < 4.78 is 10.2. The molecule has 1 saturated heterocycles. The Hall–Kier alpha value is -0.850. The molecule has 21 heavy (non-hydrogen) atoms.